The molecular formula is C23H24N4O2S2. The number of thiazole rings is 1. The van der Waals surface area contributed by atoms with E-state index < -0.39 is 16.1 Å². The number of nitrogens with zero attached hydrogens (tertiary/aromatic N) is 4. The molecule has 0 spiro atoms. The van der Waals surface area contributed by atoms with Crippen molar-refractivity contribution in [3.63, 3.8) is 0 Å². The number of benzene rings is 2. The lowest BCUT2D eigenvalue weighted by atomic mass is 10.0. The molecule has 4 aromatic rings. The molecule has 160 valence electrons. The predicted octanol–water partition coefficient (Wildman–Crippen LogP) is 4.79. The summed E-state index contributed by atoms with van der Waals surface area (Å²) in [6.07, 6.45) is 0. The van der Waals surface area contributed by atoms with Crippen molar-refractivity contribution in [2.24, 2.45) is 11.4 Å². The zero-order valence-corrected chi connectivity index (χ0v) is 20.0. The molecule has 1 unspecified atom stereocenters. The average molecular weight is 453 g/mol. The third kappa shape index (κ3) is 3.91. The highest BCUT2D eigenvalue weighted by molar-refractivity contribution is 7.91. The fourth-order valence-corrected chi connectivity index (χ4v) is 4.83. The molecule has 0 saturated heterocycles. The van der Waals surface area contributed by atoms with Gasteiger partial charge in [-0.1, -0.05) is 10.5 Å². The molecule has 0 aliphatic carbocycles. The zero-order valence-electron chi connectivity index (χ0n) is 18.4. The second-order valence-electron chi connectivity index (χ2n) is 8.55. The molecule has 2 heterocycles. The first-order valence-corrected chi connectivity index (χ1v) is 11.9. The van der Waals surface area contributed by atoms with Crippen LogP contribution in [-0.2, 0) is 18.4 Å². The first-order valence-electron chi connectivity index (χ1n) is 9.89. The van der Waals surface area contributed by atoms with Gasteiger partial charge in [-0.05, 0) is 64.4 Å². The topological polar surface area (TPSA) is 83.2 Å². The second kappa shape index (κ2) is 7.85. The van der Waals surface area contributed by atoms with Crippen molar-refractivity contribution < 1.29 is 4.55 Å². The molecule has 4 rings (SSSR count). The first kappa shape index (κ1) is 21.7. The number of hydrogen-bond donors (Lipinski definition) is 0. The fourth-order valence-electron chi connectivity index (χ4n) is 3.41. The summed E-state index contributed by atoms with van der Waals surface area (Å²) in [5.74, 6) is 0.571. The summed E-state index contributed by atoms with van der Waals surface area (Å²) in [6, 6.07) is 9.62. The normalized spacial score (nSPS) is 13.8. The molecule has 6 nitrogen and oxygen atoms in total. The van der Waals surface area contributed by atoms with Crippen LogP contribution in [0.3, 0.4) is 0 Å². The van der Waals surface area contributed by atoms with E-state index in [9.17, 15) is 9.35 Å². The second-order valence-corrected chi connectivity index (χ2v) is 11.3. The van der Waals surface area contributed by atoms with E-state index in [2.05, 4.69) is 9.38 Å². The van der Waals surface area contributed by atoms with Gasteiger partial charge in [0, 0.05) is 18.2 Å². The zero-order chi connectivity index (χ0) is 22.5. The van der Waals surface area contributed by atoms with Gasteiger partial charge in [-0.2, -0.15) is 0 Å². The van der Waals surface area contributed by atoms with Crippen LogP contribution in [0.15, 0.2) is 45.0 Å². The predicted molar refractivity (Wildman–Crippen MR) is 130 cm³/mol. The molecule has 0 aliphatic heterocycles. The molecule has 0 fully saturated rings. The number of aromatic nitrogens is 3. The van der Waals surface area contributed by atoms with Gasteiger partial charge in [0.05, 0.1) is 32.3 Å². The third-order valence-corrected chi connectivity index (χ3v) is 7.42. The molecule has 0 saturated carbocycles. The van der Waals surface area contributed by atoms with Crippen LogP contribution in [0.1, 0.15) is 38.8 Å². The Morgan fingerprint density at radius 1 is 1.26 bits per heavy atom. The van der Waals surface area contributed by atoms with Crippen molar-refractivity contribution in [1.82, 2.24) is 14.5 Å². The third-order valence-electron chi connectivity index (χ3n) is 5.06. The molecule has 8 heteroatoms. The van der Waals surface area contributed by atoms with Gasteiger partial charge in [0.2, 0.25) is 0 Å². The number of rotatable bonds is 3. The lowest BCUT2D eigenvalue weighted by Gasteiger charge is -2.19. The van der Waals surface area contributed by atoms with Crippen LogP contribution in [-0.4, -0.2) is 29.5 Å². The minimum atomic E-state index is -1.41. The van der Waals surface area contributed by atoms with E-state index in [1.807, 2.05) is 65.0 Å². The quantitative estimate of drug-likeness (QED) is 0.330. The minimum Gasteiger partial charge on any atom is -0.591 e. The SMILES string of the molecule is CC(=N[S+]([O-])C(C)(C)C)c1cc(C)cc2c(=O)n(C)c(-c3cccc4ncsc34)nc12. The summed E-state index contributed by atoms with van der Waals surface area (Å²) >= 11 is 0.111. The summed E-state index contributed by atoms with van der Waals surface area (Å²) < 4.78 is 19.2. The summed E-state index contributed by atoms with van der Waals surface area (Å²) in [5, 5.41) is 0.522. The van der Waals surface area contributed by atoms with Crippen molar-refractivity contribution >= 4 is 49.5 Å². The van der Waals surface area contributed by atoms with Crippen LogP contribution >= 0.6 is 11.3 Å². The van der Waals surface area contributed by atoms with E-state index >= 15 is 0 Å². The smallest absolute Gasteiger partial charge is 0.261 e. The van der Waals surface area contributed by atoms with Gasteiger partial charge in [-0.3, -0.25) is 9.36 Å². The van der Waals surface area contributed by atoms with E-state index in [0.29, 0.717) is 22.4 Å². The molecule has 0 amide bonds. The van der Waals surface area contributed by atoms with Crippen LogP contribution in [0, 0.1) is 6.92 Å². The van der Waals surface area contributed by atoms with Gasteiger partial charge < -0.3 is 4.55 Å². The lowest BCUT2D eigenvalue weighted by Crippen LogP contribution is -2.27. The van der Waals surface area contributed by atoms with Crippen LogP contribution in [0.2, 0.25) is 0 Å². The van der Waals surface area contributed by atoms with Gasteiger partial charge in [0.25, 0.3) is 5.56 Å². The molecule has 1 atom stereocenters. The van der Waals surface area contributed by atoms with E-state index in [0.717, 1.165) is 26.9 Å². The molecular weight excluding hydrogens is 428 g/mol. The van der Waals surface area contributed by atoms with Crippen LogP contribution in [0.25, 0.3) is 32.5 Å². The molecule has 2 aromatic carbocycles. The van der Waals surface area contributed by atoms with E-state index in [1.54, 1.807) is 17.1 Å². The van der Waals surface area contributed by atoms with E-state index in [1.165, 1.54) is 11.3 Å². The fraction of sp³-hybridized carbons (Fsp3) is 0.304. The maximum absolute atomic E-state index is 13.3. The molecule has 31 heavy (non-hydrogen) atoms. The summed E-state index contributed by atoms with van der Waals surface area (Å²) in [5.41, 5.74) is 6.22. The van der Waals surface area contributed by atoms with Gasteiger partial charge >= 0.3 is 0 Å². The Morgan fingerprint density at radius 3 is 2.71 bits per heavy atom. The number of aryl methyl sites for hydroxylation is 1. The van der Waals surface area contributed by atoms with Gasteiger partial charge in [0.1, 0.15) is 21.9 Å². The maximum atomic E-state index is 13.3. The summed E-state index contributed by atoms with van der Waals surface area (Å²) in [7, 11) is 1.74. The molecule has 0 radical (unpaired) electrons. The van der Waals surface area contributed by atoms with Gasteiger partial charge in [-0.25, -0.2) is 9.97 Å². The van der Waals surface area contributed by atoms with E-state index in [-0.39, 0.29) is 5.56 Å². The molecule has 0 aliphatic rings. The van der Waals surface area contributed by atoms with Crippen molar-refractivity contribution in [2.75, 3.05) is 0 Å². The number of hydrogen-bond acceptors (Lipinski definition) is 6. The van der Waals surface area contributed by atoms with Crippen LogP contribution < -0.4 is 5.56 Å². The molecule has 0 bridgehead atoms. The Morgan fingerprint density at radius 2 is 2.00 bits per heavy atom. The van der Waals surface area contributed by atoms with Crippen molar-refractivity contribution in [2.45, 2.75) is 39.4 Å². The maximum Gasteiger partial charge on any atom is 0.261 e. The van der Waals surface area contributed by atoms with Crippen molar-refractivity contribution in [3.8, 4) is 11.4 Å². The van der Waals surface area contributed by atoms with Crippen molar-refractivity contribution in [1.29, 1.82) is 0 Å². The van der Waals surface area contributed by atoms with Gasteiger partial charge in [-0.15, -0.1) is 11.3 Å². The Bertz CT molecular complexity index is 1400. The highest BCUT2D eigenvalue weighted by Gasteiger charge is 2.27. The minimum absolute atomic E-state index is 0.129. The van der Waals surface area contributed by atoms with Crippen LogP contribution in [0.4, 0.5) is 0 Å². The summed E-state index contributed by atoms with van der Waals surface area (Å²) in [4.78, 5) is 22.6. The molecule has 2 aromatic heterocycles. The first-order chi connectivity index (χ1) is 14.6. The highest BCUT2D eigenvalue weighted by Crippen LogP contribution is 2.31. The van der Waals surface area contributed by atoms with Crippen molar-refractivity contribution in [3.05, 3.63) is 57.3 Å². The number of fused-ring (bicyclic) bond motifs is 2. The average Bonchev–Trinajstić information content (AvgIpc) is 3.18. The monoisotopic (exact) mass is 452 g/mol. The Labute approximate surface area is 188 Å². The largest absolute Gasteiger partial charge is 0.591 e. The Hall–Kier alpha value is -2.55. The van der Waals surface area contributed by atoms with Crippen LogP contribution in [0.5, 0.6) is 0 Å². The Kier molecular flexibility index (Phi) is 5.49. The van der Waals surface area contributed by atoms with Gasteiger partial charge in [0.15, 0.2) is 0 Å². The summed E-state index contributed by atoms with van der Waals surface area (Å²) in [6.45, 7) is 9.41. The molecule has 0 N–H and O–H groups in total. The lowest BCUT2D eigenvalue weighted by molar-refractivity contribution is 0.561. The standard InChI is InChI=1S/C23H24N4O2S2/c1-13-10-16(14(2)26-31(29)23(3,4)5)19-17(11-13)22(28)27(6)21(25-19)15-8-7-9-18-20(15)30-12-24-18/h7-12H,1-6H3. The highest BCUT2D eigenvalue weighted by atomic mass is 32.2. The van der Waals surface area contributed by atoms with E-state index in [4.69, 9.17) is 4.98 Å². The Balaban J connectivity index is 2.03.